The highest BCUT2D eigenvalue weighted by molar-refractivity contribution is 7.15. The molecule has 7 heteroatoms. The molecule has 0 fully saturated rings. The predicted molar refractivity (Wildman–Crippen MR) is 84.0 cm³/mol. The number of aromatic nitrogens is 2. The van der Waals surface area contributed by atoms with E-state index in [9.17, 15) is 9.59 Å². The first kappa shape index (κ1) is 14.3. The molecule has 1 aromatic carbocycles. The number of aliphatic carboxylic acids is 1. The standard InChI is InChI=1S/C15H13N3O3S/c19-13(4-5-14(20)21)16-11-3-1-2-10(8-11)12-9-18-6-7-22-15(18)17-12/h1-3,6-9H,4-5H2,(H,16,19)(H,20,21). The second-order valence-electron chi connectivity index (χ2n) is 4.74. The van der Waals surface area contributed by atoms with Crippen LogP contribution in [0, 0.1) is 0 Å². The maximum Gasteiger partial charge on any atom is 0.303 e. The molecule has 0 aliphatic heterocycles. The van der Waals surface area contributed by atoms with Gasteiger partial charge in [0.05, 0.1) is 12.1 Å². The van der Waals surface area contributed by atoms with E-state index in [0.717, 1.165) is 16.2 Å². The lowest BCUT2D eigenvalue weighted by atomic mass is 10.1. The van der Waals surface area contributed by atoms with E-state index in [-0.39, 0.29) is 18.7 Å². The first-order valence-electron chi connectivity index (χ1n) is 6.66. The number of thiazole rings is 1. The first-order chi connectivity index (χ1) is 10.6. The molecule has 0 unspecified atom stereocenters. The van der Waals surface area contributed by atoms with Crippen LogP contribution in [0.25, 0.3) is 16.2 Å². The number of hydrogen-bond donors (Lipinski definition) is 2. The van der Waals surface area contributed by atoms with Crippen LogP contribution in [0.3, 0.4) is 0 Å². The normalized spacial score (nSPS) is 10.7. The Kier molecular flexibility index (Phi) is 3.88. The summed E-state index contributed by atoms with van der Waals surface area (Å²) in [7, 11) is 0. The predicted octanol–water partition coefficient (Wildman–Crippen LogP) is 2.87. The summed E-state index contributed by atoms with van der Waals surface area (Å²) in [5, 5.41) is 13.2. The van der Waals surface area contributed by atoms with Gasteiger partial charge >= 0.3 is 5.97 Å². The second kappa shape index (κ2) is 5.98. The fraction of sp³-hybridized carbons (Fsp3) is 0.133. The number of carbonyl (C=O) groups excluding carboxylic acids is 1. The second-order valence-corrected chi connectivity index (χ2v) is 5.61. The smallest absolute Gasteiger partial charge is 0.303 e. The van der Waals surface area contributed by atoms with Crippen molar-refractivity contribution >= 4 is 33.9 Å². The number of anilines is 1. The molecule has 22 heavy (non-hydrogen) atoms. The summed E-state index contributed by atoms with van der Waals surface area (Å²) in [6.45, 7) is 0. The van der Waals surface area contributed by atoms with Gasteiger partial charge in [0.15, 0.2) is 4.96 Å². The number of benzene rings is 1. The quantitative estimate of drug-likeness (QED) is 0.758. The maximum atomic E-state index is 11.7. The number of rotatable bonds is 5. The van der Waals surface area contributed by atoms with E-state index < -0.39 is 5.97 Å². The lowest BCUT2D eigenvalue weighted by Gasteiger charge is -2.05. The van der Waals surface area contributed by atoms with E-state index >= 15 is 0 Å². The highest BCUT2D eigenvalue weighted by Crippen LogP contribution is 2.24. The average molecular weight is 315 g/mol. The van der Waals surface area contributed by atoms with Crippen LogP contribution >= 0.6 is 11.3 Å². The number of nitrogens with zero attached hydrogens (tertiary/aromatic N) is 2. The average Bonchev–Trinajstić information content (AvgIpc) is 3.06. The third kappa shape index (κ3) is 3.15. The minimum atomic E-state index is -0.984. The van der Waals surface area contributed by atoms with Crippen LogP contribution in [0.15, 0.2) is 42.0 Å². The lowest BCUT2D eigenvalue weighted by molar-refractivity contribution is -0.138. The number of fused-ring (bicyclic) bond motifs is 1. The zero-order chi connectivity index (χ0) is 15.5. The molecule has 0 saturated heterocycles. The Balaban J connectivity index is 1.76. The molecule has 112 valence electrons. The van der Waals surface area contributed by atoms with Gasteiger partial charge in [-0.25, -0.2) is 4.98 Å². The Bertz CT molecular complexity index is 809. The van der Waals surface area contributed by atoms with Crippen LogP contribution in [-0.2, 0) is 9.59 Å². The molecule has 0 radical (unpaired) electrons. The summed E-state index contributed by atoms with van der Waals surface area (Å²) in [5.41, 5.74) is 2.35. The van der Waals surface area contributed by atoms with E-state index in [2.05, 4.69) is 10.3 Å². The van der Waals surface area contributed by atoms with Gasteiger partial charge in [-0.1, -0.05) is 12.1 Å². The molecular formula is C15H13N3O3S. The molecule has 0 aliphatic rings. The van der Waals surface area contributed by atoms with Gasteiger partial charge in [0.1, 0.15) is 0 Å². The molecule has 0 spiro atoms. The molecule has 0 bridgehead atoms. The van der Waals surface area contributed by atoms with Crippen LogP contribution < -0.4 is 5.32 Å². The van der Waals surface area contributed by atoms with Crippen molar-refractivity contribution in [1.82, 2.24) is 9.38 Å². The van der Waals surface area contributed by atoms with Crippen molar-refractivity contribution in [2.45, 2.75) is 12.8 Å². The van der Waals surface area contributed by atoms with Crippen LogP contribution in [0.2, 0.25) is 0 Å². The monoisotopic (exact) mass is 315 g/mol. The number of imidazole rings is 1. The molecule has 0 saturated carbocycles. The van der Waals surface area contributed by atoms with Crippen molar-refractivity contribution in [3.63, 3.8) is 0 Å². The van der Waals surface area contributed by atoms with Gasteiger partial charge in [0.25, 0.3) is 0 Å². The molecule has 2 aromatic heterocycles. The van der Waals surface area contributed by atoms with E-state index in [1.54, 1.807) is 17.4 Å². The van der Waals surface area contributed by atoms with E-state index in [4.69, 9.17) is 5.11 Å². The Morgan fingerprint density at radius 3 is 2.95 bits per heavy atom. The molecular weight excluding hydrogens is 302 g/mol. The summed E-state index contributed by atoms with van der Waals surface area (Å²) in [6, 6.07) is 7.33. The van der Waals surface area contributed by atoms with Crippen molar-refractivity contribution in [3.05, 3.63) is 42.0 Å². The fourth-order valence-corrected chi connectivity index (χ4v) is 2.77. The first-order valence-corrected chi connectivity index (χ1v) is 7.54. The molecule has 3 rings (SSSR count). The van der Waals surface area contributed by atoms with Crippen molar-refractivity contribution in [3.8, 4) is 11.3 Å². The summed E-state index contributed by atoms with van der Waals surface area (Å²) in [4.78, 5) is 27.6. The minimum absolute atomic E-state index is 0.0419. The van der Waals surface area contributed by atoms with Crippen molar-refractivity contribution < 1.29 is 14.7 Å². The molecule has 2 heterocycles. The van der Waals surface area contributed by atoms with Gasteiger partial charge < -0.3 is 10.4 Å². The van der Waals surface area contributed by atoms with Crippen LogP contribution in [0.4, 0.5) is 5.69 Å². The molecule has 3 aromatic rings. The molecule has 1 amide bonds. The lowest BCUT2D eigenvalue weighted by Crippen LogP contribution is -2.13. The Hall–Kier alpha value is -2.67. The highest BCUT2D eigenvalue weighted by Gasteiger charge is 2.08. The molecule has 6 nitrogen and oxygen atoms in total. The third-order valence-corrected chi connectivity index (χ3v) is 3.87. The maximum absolute atomic E-state index is 11.7. The number of carbonyl (C=O) groups is 2. The topological polar surface area (TPSA) is 83.7 Å². The fourth-order valence-electron chi connectivity index (χ4n) is 2.07. The van der Waals surface area contributed by atoms with Crippen molar-refractivity contribution in [1.29, 1.82) is 0 Å². The summed E-state index contributed by atoms with van der Waals surface area (Å²) < 4.78 is 1.94. The van der Waals surface area contributed by atoms with E-state index in [0.29, 0.717) is 5.69 Å². The highest BCUT2D eigenvalue weighted by atomic mass is 32.1. The van der Waals surface area contributed by atoms with Crippen LogP contribution in [0.1, 0.15) is 12.8 Å². The Labute approximate surface area is 130 Å². The molecule has 0 atom stereocenters. The van der Waals surface area contributed by atoms with E-state index in [1.807, 2.05) is 40.4 Å². The number of carboxylic acids is 1. The number of amides is 1. The number of hydrogen-bond acceptors (Lipinski definition) is 4. The third-order valence-electron chi connectivity index (χ3n) is 3.10. The zero-order valence-corrected chi connectivity index (χ0v) is 12.3. The Morgan fingerprint density at radius 1 is 1.32 bits per heavy atom. The molecule has 2 N–H and O–H groups in total. The Morgan fingerprint density at radius 2 is 2.18 bits per heavy atom. The van der Waals surface area contributed by atoms with Gasteiger partial charge in [0, 0.05) is 35.4 Å². The number of nitrogens with one attached hydrogen (secondary N) is 1. The molecule has 0 aliphatic carbocycles. The van der Waals surface area contributed by atoms with Crippen LogP contribution in [-0.4, -0.2) is 26.4 Å². The largest absolute Gasteiger partial charge is 0.481 e. The van der Waals surface area contributed by atoms with Gasteiger partial charge in [-0.2, -0.15) is 0 Å². The van der Waals surface area contributed by atoms with Gasteiger partial charge in [-0.05, 0) is 12.1 Å². The summed E-state index contributed by atoms with van der Waals surface area (Å²) in [6.07, 6.45) is 3.65. The van der Waals surface area contributed by atoms with Crippen molar-refractivity contribution in [2.75, 3.05) is 5.32 Å². The van der Waals surface area contributed by atoms with Gasteiger partial charge in [-0.15, -0.1) is 11.3 Å². The van der Waals surface area contributed by atoms with Crippen LogP contribution in [0.5, 0.6) is 0 Å². The van der Waals surface area contributed by atoms with Gasteiger partial charge in [0.2, 0.25) is 5.91 Å². The van der Waals surface area contributed by atoms with Gasteiger partial charge in [-0.3, -0.25) is 14.0 Å². The summed E-state index contributed by atoms with van der Waals surface area (Å²) in [5.74, 6) is -1.30. The number of carboxylic acid groups (broad SMARTS) is 1. The minimum Gasteiger partial charge on any atom is -0.481 e. The van der Waals surface area contributed by atoms with E-state index in [1.165, 1.54) is 0 Å². The summed E-state index contributed by atoms with van der Waals surface area (Å²) >= 11 is 1.55. The van der Waals surface area contributed by atoms with Crippen molar-refractivity contribution in [2.24, 2.45) is 0 Å². The zero-order valence-electron chi connectivity index (χ0n) is 11.5. The SMILES string of the molecule is O=C(O)CCC(=O)Nc1cccc(-c2cn3ccsc3n2)c1.